The first-order valence-corrected chi connectivity index (χ1v) is 15.2. The van der Waals surface area contributed by atoms with Gasteiger partial charge in [0.05, 0.1) is 5.60 Å². The molecule has 2 amide bonds. The lowest BCUT2D eigenvalue weighted by Crippen LogP contribution is -2.58. The highest BCUT2D eigenvalue weighted by Gasteiger charge is 2.49. The quantitative estimate of drug-likeness (QED) is 0.297. The molecule has 7 nitrogen and oxygen atoms in total. The summed E-state index contributed by atoms with van der Waals surface area (Å²) in [6.07, 6.45) is 7.11. The molecule has 2 aromatic carbocycles. The van der Waals surface area contributed by atoms with Gasteiger partial charge in [0, 0.05) is 42.7 Å². The van der Waals surface area contributed by atoms with Crippen molar-refractivity contribution in [2.24, 2.45) is 11.7 Å². The number of rotatable bonds is 8. The number of aromatic nitrogens is 1. The maximum Gasteiger partial charge on any atom is 0.225 e. The van der Waals surface area contributed by atoms with E-state index in [0.717, 1.165) is 53.5 Å². The topological polar surface area (TPSA) is 109 Å². The molecule has 2 saturated carbocycles. The van der Waals surface area contributed by atoms with Crippen molar-refractivity contribution < 1.29 is 14.7 Å². The normalized spacial score (nSPS) is 25.5. The SMILES string of the molecule is CC(=O)N(C(C)C)[C@H]1CC[C@H](CC(=O)Nc2cc(-c3ccccc3)c(-c3ccc([C@]4(N)C[C@](C)(O)C4)cc3)cn2)CC1. The molecule has 1 heterocycles. The summed E-state index contributed by atoms with van der Waals surface area (Å²) in [5, 5.41) is 13.3. The maximum atomic E-state index is 13.1. The minimum Gasteiger partial charge on any atom is -0.390 e. The van der Waals surface area contributed by atoms with E-state index < -0.39 is 11.1 Å². The molecular weight excluding hydrogens is 524 g/mol. The third-order valence-corrected chi connectivity index (χ3v) is 9.02. The standard InChI is InChI=1S/C35H44N4O3/c1-23(2)39(24(3)40)29-16-10-25(11-17-29)18-33(41)38-32-19-30(26-8-6-5-7-9-26)31(20-37-32)27-12-14-28(15-13-27)35(36)21-34(4,42)22-35/h5-9,12-15,19-20,23,25,29,42H,10-11,16-18,21-22,36H2,1-4H3,(H,37,38,41)/t25-,29-,34-,35-. The lowest BCUT2D eigenvalue weighted by molar-refractivity contribution is -0.134. The number of carbonyl (C=O) groups is 2. The average Bonchev–Trinajstić information content (AvgIpc) is 2.93. The number of amides is 2. The van der Waals surface area contributed by atoms with Gasteiger partial charge in [-0.2, -0.15) is 0 Å². The zero-order valence-electron chi connectivity index (χ0n) is 25.3. The van der Waals surface area contributed by atoms with Crippen LogP contribution in [-0.4, -0.2) is 44.5 Å². The minimum absolute atomic E-state index is 0.0287. The second-order valence-corrected chi connectivity index (χ2v) is 13.0. The molecule has 0 atom stereocenters. The van der Waals surface area contributed by atoms with Crippen LogP contribution in [0.15, 0.2) is 66.9 Å². The first kappa shape index (κ1) is 29.9. The smallest absolute Gasteiger partial charge is 0.225 e. The second kappa shape index (κ2) is 12.0. The Morgan fingerprint density at radius 3 is 2.19 bits per heavy atom. The van der Waals surface area contributed by atoms with E-state index in [9.17, 15) is 14.7 Å². The van der Waals surface area contributed by atoms with E-state index in [2.05, 4.69) is 48.4 Å². The fraction of sp³-hybridized carbons (Fsp3) is 0.457. The van der Waals surface area contributed by atoms with Crippen molar-refractivity contribution >= 4 is 17.6 Å². The highest BCUT2D eigenvalue weighted by molar-refractivity contribution is 5.92. The molecule has 5 rings (SSSR count). The van der Waals surface area contributed by atoms with Crippen LogP contribution in [0.25, 0.3) is 22.3 Å². The van der Waals surface area contributed by atoms with Crippen LogP contribution in [0.5, 0.6) is 0 Å². The van der Waals surface area contributed by atoms with Crippen LogP contribution >= 0.6 is 0 Å². The van der Waals surface area contributed by atoms with Crippen LogP contribution in [0.4, 0.5) is 5.82 Å². The van der Waals surface area contributed by atoms with Crippen molar-refractivity contribution in [1.82, 2.24) is 9.88 Å². The number of carbonyl (C=O) groups excluding carboxylic acids is 2. The van der Waals surface area contributed by atoms with Crippen molar-refractivity contribution in [3.63, 3.8) is 0 Å². The number of pyridine rings is 1. The predicted molar refractivity (Wildman–Crippen MR) is 167 cm³/mol. The van der Waals surface area contributed by atoms with Crippen molar-refractivity contribution in [3.05, 3.63) is 72.4 Å². The van der Waals surface area contributed by atoms with E-state index in [1.165, 1.54) is 0 Å². The Bertz CT molecular complexity index is 1400. The summed E-state index contributed by atoms with van der Waals surface area (Å²) >= 11 is 0. The van der Waals surface area contributed by atoms with E-state index >= 15 is 0 Å². The zero-order valence-corrected chi connectivity index (χ0v) is 25.3. The molecule has 3 aromatic rings. The van der Waals surface area contributed by atoms with Gasteiger partial charge in [0.15, 0.2) is 0 Å². The lowest BCUT2D eigenvalue weighted by Gasteiger charge is -2.49. The molecule has 1 aromatic heterocycles. The van der Waals surface area contributed by atoms with Gasteiger partial charge < -0.3 is 21.1 Å². The fourth-order valence-electron chi connectivity index (χ4n) is 7.23. The Morgan fingerprint density at radius 2 is 1.62 bits per heavy atom. The number of anilines is 1. The highest BCUT2D eigenvalue weighted by atomic mass is 16.3. The largest absolute Gasteiger partial charge is 0.390 e. The van der Waals surface area contributed by atoms with Gasteiger partial charge in [0.1, 0.15) is 5.82 Å². The van der Waals surface area contributed by atoms with Crippen molar-refractivity contribution in [2.45, 2.75) is 95.9 Å². The Kier molecular flexibility index (Phi) is 8.53. The number of hydrogen-bond acceptors (Lipinski definition) is 5. The molecule has 0 bridgehead atoms. The Morgan fingerprint density at radius 1 is 1.00 bits per heavy atom. The molecule has 4 N–H and O–H groups in total. The van der Waals surface area contributed by atoms with E-state index in [-0.39, 0.29) is 23.9 Å². The summed E-state index contributed by atoms with van der Waals surface area (Å²) < 4.78 is 0. The van der Waals surface area contributed by atoms with Gasteiger partial charge in [-0.25, -0.2) is 4.98 Å². The number of nitrogens with one attached hydrogen (secondary N) is 1. The molecule has 42 heavy (non-hydrogen) atoms. The van der Waals surface area contributed by atoms with Crippen LogP contribution < -0.4 is 11.1 Å². The third-order valence-electron chi connectivity index (χ3n) is 9.02. The highest BCUT2D eigenvalue weighted by Crippen LogP contribution is 2.46. The summed E-state index contributed by atoms with van der Waals surface area (Å²) in [7, 11) is 0. The third kappa shape index (κ3) is 6.58. The molecule has 0 saturated heterocycles. The fourth-order valence-corrected chi connectivity index (χ4v) is 7.23. The van der Waals surface area contributed by atoms with Gasteiger partial charge in [-0.05, 0) is 93.5 Å². The van der Waals surface area contributed by atoms with Crippen LogP contribution in [0.3, 0.4) is 0 Å². The lowest BCUT2D eigenvalue weighted by atomic mass is 9.63. The van der Waals surface area contributed by atoms with Crippen molar-refractivity contribution in [1.29, 1.82) is 0 Å². The zero-order chi connectivity index (χ0) is 30.1. The number of benzene rings is 2. The van der Waals surface area contributed by atoms with E-state index in [0.29, 0.717) is 31.0 Å². The van der Waals surface area contributed by atoms with Gasteiger partial charge in [0.2, 0.25) is 11.8 Å². The second-order valence-electron chi connectivity index (χ2n) is 13.0. The van der Waals surface area contributed by atoms with Crippen LogP contribution in [0, 0.1) is 5.92 Å². The molecule has 7 heteroatoms. The first-order chi connectivity index (χ1) is 19.9. The molecule has 2 aliphatic rings. The van der Waals surface area contributed by atoms with E-state index in [1.54, 1.807) is 6.92 Å². The average molecular weight is 569 g/mol. The molecule has 0 unspecified atom stereocenters. The predicted octanol–water partition coefficient (Wildman–Crippen LogP) is 6.26. The summed E-state index contributed by atoms with van der Waals surface area (Å²) in [6, 6.07) is 20.7. The molecule has 0 spiro atoms. The van der Waals surface area contributed by atoms with Crippen LogP contribution in [0.2, 0.25) is 0 Å². The first-order valence-electron chi connectivity index (χ1n) is 15.2. The van der Waals surface area contributed by atoms with Gasteiger partial charge >= 0.3 is 0 Å². The monoisotopic (exact) mass is 568 g/mol. The number of nitrogens with two attached hydrogens (primary N) is 1. The van der Waals surface area contributed by atoms with E-state index in [4.69, 9.17) is 5.73 Å². The minimum atomic E-state index is -0.706. The number of nitrogens with zero attached hydrogens (tertiary/aromatic N) is 2. The van der Waals surface area contributed by atoms with Gasteiger partial charge in [-0.15, -0.1) is 0 Å². The Labute approximate surface area is 249 Å². The summed E-state index contributed by atoms with van der Waals surface area (Å²) in [5.74, 6) is 0.938. The molecule has 0 radical (unpaired) electrons. The summed E-state index contributed by atoms with van der Waals surface area (Å²) in [6.45, 7) is 7.60. The molecular formula is C35H44N4O3. The molecule has 0 aliphatic heterocycles. The van der Waals surface area contributed by atoms with Crippen molar-refractivity contribution in [3.8, 4) is 22.3 Å². The number of hydrogen-bond donors (Lipinski definition) is 3. The van der Waals surface area contributed by atoms with Gasteiger partial charge in [0.25, 0.3) is 0 Å². The Balaban J connectivity index is 1.28. The molecule has 222 valence electrons. The van der Waals surface area contributed by atoms with Gasteiger partial charge in [-0.3, -0.25) is 9.59 Å². The Hall–Kier alpha value is -3.55. The van der Waals surface area contributed by atoms with Crippen molar-refractivity contribution in [2.75, 3.05) is 5.32 Å². The summed E-state index contributed by atoms with van der Waals surface area (Å²) in [4.78, 5) is 31.8. The summed E-state index contributed by atoms with van der Waals surface area (Å²) in [5.41, 5.74) is 10.4. The van der Waals surface area contributed by atoms with Crippen LogP contribution in [-0.2, 0) is 15.1 Å². The molecule has 2 fully saturated rings. The maximum absolute atomic E-state index is 13.1. The van der Waals surface area contributed by atoms with Gasteiger partial charge in [-0.1, -0.05) is 54.6 Å². The van der Waals surface area contributed by atoms with E-state index in [1.807, 2.05) is 54.4 Å². The van der Waals surface area contributed by atoms with Crippen LogP contribution in [0.1, 0.15) is 78.2 Å². The molecule has 2 aliphatic carbocycles. The number of aliphatic hydroxyl groups is 1.